The Morgan fingerprint density at radius 1 is 1.23 bits per heavy atom. The molecule has 7 nitrogen and oxygen atoms in total. The van der Waals surface area contributed by atoms with E-state index in [1.807, 2.05) is 0 Å². The summed E-state index contributed by atoms with van der Waals surface area (Å²) in [5.41, 5.74) is 0. The molecule has 1 unspecified atom stereocenters. The van der Waals surface area contributed by atoms with E-state index >= 15 is 0 Å². The van der Waals surface area contributed by atoms with Crippen LogP contribution in [-0.4, -0.2) is 109 Å². The van der Waals surface area contributed by atoms with Gasteiger partial charge >= 0.3 is 80.8 Å². The monoisotopic (exact) mass is 332 g/mol. The predicted octanol–water partition coefficient (Wildman–Crippen LogP) is -1.85. The van der Waals surface area contributed by atoms with E-state index in [9.17, 15) is 18.0 Å². The van der Waals surface area contributed by atoms with Crippen molar-refractivity contribution >= 4 is 91.0 Å². The summed E-state index contributed by atoms with van der Waals surface area (Å²) < 4.78 is 28.7. The quantitative estimate of drug-likeness (QED) is 0.516. The predicted molar refractivity (Wildman–Crippen MR) is 42.4 cm³/mol. The van der Waals surface area contributed by atoms with Crippen molar-refractivity contribution in [2.24, 2.45) is 0 Å². The van der Waals surface area contributed by atoms with Crippen LogP contribution in [0, 0.1) is 0 Å². The molecule has 3 N–H and O–H groups in total. The molecule has 0 aromatic heterocycles. The van der Waals surface area contributed by atoms with E-state index in [2.05, 4.69) is 0 Å². The van der Waals surface area contributed by atoms with Gasteiger partial charge in [-0.2, -0.15) is 8.42 Å². The fourth-order valence-electron chi connectivity index (χ4n) is 0.479. The normalized spacial score (nSPS) is 12.7. The Hall–Kier alpha value is 0.902. The van der Waals surface area contributed by atoms with E-state index in [1.54, 1.807) is 0 Å². The van der Waals surface area contributed by atoms with Crippen LogP contribution in [0.1, 0.15) is 6.42 Å². The van der Waals surface area contributed by atoms with Gasteiger partial charge in [-0.3, -0.25) is 14.1 Å². The van der Waals surface area contributed by atoms with Crippen molar-refractivity contribution < 1.29 is 32.8 Å². The molecule has 0 aliphatic carbocycles. The van der Waals surface area contributed by atoms with E-state index in [4.69, 9.17) is 14.8 Å². The summed E-state index contributed by atoms with van der Waals surface area (Å²) in [6.07, 6.45) is -1.16. The summed E-state index contributed by atoms with van der Waals surface area (Å²) in [5.74, 6) is -3.50. The molecule has 0 fully saturated rings. The van der Waals surface area contributed by atoms with E-state index in [-0.39, 0.29) is 68.9 Å². The van der Waals surface area contributed by atoms with Crippen LogP contribution in [0.15, 0.2) is 0 Å². The van der Waals surface area contributed by atoms with Crippen LogP contribution >= 0.6 is 0 Å². The molecule has 0 saturated heterocycles. The molecule has 0 heterocycles. The molecule has 13 heavy (non-hydrogen) atoms. The number of rotatable bonds is 4. The topological polar surface area (TPSA) is 129 Å². The maximum atomic E-state index is 10.2. The maximum absolute atomic E-state index is 10.2. The molecule has 0 radical (unpaired) electrons. The first-order valence-corrected chi connectivity index (χ1v) is 4.16. The Morgan fingerprint density at radius 2 is 1.62 bits per heavy atom. The van der Waals surface area contributed by atoms with Crippen molar-refractivity contribution in [1.29, 1.82) is 0 Å². The SMILES string of the molecule is O=C(O)CC(C(=O)O)S(=O)(=O)O.[CsH]. The zero-order valence-corrected chi connectivity index (χ0v) is 6.48. The number of aliphatic carboxylic acids is 2. The fourth-order valence-corrected chi connectivity index (χ4v) is 1.09. The zero-order valence-electron chi connectivity index (χ0n) is 5.67. The van der Waals surface area contributed by atoms with Gasteiger partial charge in [0.25, 0.3) is 10.1 Å². The Balaban J connectivity index is 0. The number of carboxylic acids is 2. The summed E-state index contributed by atoms with van der Waals surface area (Å²) in [5, 5.41) is 13.9. The van der Waals surface area contributed by atoms with Crippen molar-refractivity contribution in [3.05, 3.63) is 0 Å². The number of carbonyl (C=O) groups is 2. The minimum atomic E-state index is -4.84. The van der Waals surface area contributed by atoms with E-state index < -0.39 is 33.7 Å². The minimum absolute atomic E-state index is 0. The third kappa shape index (κ3) is 6.91. The second kappa shape index (κ2) is 6.40. The van der Waals surface area contributed by atoms with Crippen molar-refractivity contribution in [2.75, 3.05) is 0 Å². The molecule has 0 aliphatic rings. The summed E-state index contributed by atoms with van der Waals surface area (Å²) in [6, 6.07) is 0. The Bertz CT molecular complexity index is 294. The van der Waals surface area contributed by atoms with Crippen molar-refractivity contribution in [3.63, 3.8) is 0 Å². The molecule has 72 valence electrons. The van der Waals surface area contributed by atoms with E-state index in [0.717, 1.165) is 0 Å². The molecule has 0 aromatic carbocycles. The van der Waals surface area contributed by atoms with Gasteiger partial charge in [0, 0.05) is 0 Å². The first-order chi connectivity index (χ1) is 5.25. The third-order valence-corrected chi connectivity index (χ3v) is 2.08. The van der Waals surface area contributed by atoms with Gasteiger partial charge in [0.15, 0.2) is 5.25 Å². The Kier molecular flexibility index (Phi) is 8.04. The van der Waals surface area contributed by atoms with E-state index in [1.165, 1.54) is 0 Å². The summed E-state index contributed by atoms with van der Waals surface area (Å²) in [7, 11) is -4.84. The summed E-state index contributed by atoms with van der Waals surface area (Å²) >= 11 is 0. The second-order valence-corrected chi connectivity index (χ2v) is 3.54. The average Bonchev–Trinajstić information content (AvgIpc) is 1.79. The number of carboxylic acid groups (broad SMARTS) is 2. The van der Waals surface area contributed by atoms with Crippen LogP contribution in [0.5, 0.6) is 0 Å². The van der Waals surface area contributed by atoms with Crippen LogP contribution in [-0.2, 0) is 19.7 Å². The molecule has 0 rings (SSSR count). The van der Waals surface area contributed by atoms with Gasteiger partial charge in [-0.25, -0.2) is 0 Å². The molecule has 0 aliphatic heterocycles. The molecule has 0 saturated carbocycles. The number of hydrogen-bond donors (Lipinski definition) is 3. The summed E-state index contributed by atoms with van der Waals surface area (Å²) in [6.45, 7) is 0. The third-order valence-electron chi connectivity index (χ3n) is 0.995. The standard InChI is InChI=1S/C4H6O7S.Cs.H/c5-3(6)1-2(4(7)8)12(9,10)11;;/h2H,1H2,(H,5,6)(H,7,8)(H,9,10,11);;. The fraction of sp³-hybridized carbons (Fsp3) is 0.500. The van der Waals surface area contributed by atoms with Gasteiger partial charge in [-0.1, -0.05) is 0 Å². The van der Waals surface area contributed by atoms with Crippen LogP contribution < -0.4 is 0 Å². The molecule has 0 bridgehead atoms. The van der Waals surface area contributed by atoms with E-state index in [0.29, 0.717) is 0 Å². The first-order valence-electron chi connectivity index (χ1n) is 2.66. The van der Waals surface area contributed by atoms with Crippen LogP contribution in [0.4, 0.5) is 0 Å². The molecular formula is C4H7CsO7S. The van der Waals surface area contributed by atoms with Gasteiger partial charge in [-0.05, 0) is 0 Å². The van der Waals surface area contributed by atoms with Crippen molar-refractivity contribution in [3.8, 4) is 0 Å². The van der Waals surface area contributed by atoms with Crippen LogP contribution in [0.25, 0.3) is 0 Å². The van der Waals surface area contributed by atoms with Gasteiger partial charge < -0.3 is 10.2 Å². The molecule has 9 heteroatoms. The van der Waals surface area contributed by atoms with Crippen LogP contribution in [0.2, 0.25) is 0 Å². The first kappa shape index (κ1) is 16.3. The Morgan fingerprint density at radius 3 is 1.69 bits per heavy atom. The summed E-state index contributed by atoms with van der Waals surface area (Å²) in [4.78, 5) is 20.0. The van der Waals surface area contributed by atoms with Crippen molar-refractivity contribution in [1.82, 2.24) is 0 Å². The molecule has 0 amide bonds. The molecule has 1 atom stereocenters. The van der Waals surface area contributed by atoms with Gasteiger partial charge in [0.2, 0.25) is 0 Å². The van der Waals surface area contributed by atoms with Gasteiger partial charge in [0.1, 0.15) is 0 Å². The average molecular weight is 332 g/mol. The molecular weight excluding hydrogens is 325 g/mol. The Labute approximate surface area is 133 Å². The zero-order chi connectivity index (χ0) is 9.94. The van der Waals surface area contributed by atoms with Gasteiger partial charge in [0.05, 0.1) is 6.42 Å². The van der Waals surface area contributed by atoms with Crippen LogP contribution in [0.3, 0.4) is 0 Å². The number of hydrogen-bond acceptors (Lipinski definition) is 4. The molecule has 0 aromatic rings. The molecule has 0 spiro atoms. The van der Waals surface area contributed by atoms with Gasteiger partial charge in [-0.15, -0.1) is 0 Å². The van der Waals surface area contributed by atoms with Crippen molar-refractivity contribution in [2.45, 2.75) is 11.7 Å². The second-order valence-electron chi connectivity index (χ2n) is 1.94.